The molecule has 0 aliphatic heterocycles. The summed E-state index contributed by atoms with van der Waals surface area (Å²) in [4.78, 5) is 15.2. The van der Waals surface area contributed by atoms with Gasteiger partial charge in [-0.2, -0.15) is 0 Å². The Balaban J connectivity index is 2.16. The molecule has 3 rings (SSSR count). The molecule has 0 unspecified atom stereocenters. The van der Waals surface area contributed by atoms with Gasteiger partial charge in [0, 0.05) is 24.1 Å². The fraction of sp³-hybridized carbons (Fsp3) is 0.238. The van der Waals surface area contributed by atoms with Gasteiger partial charge in [-0.05, 0) is 42.8 Å². The number of benzene rings is 1. The lowest BCUT2D eigenvalue weighted by Gasteiger charge is -2.08. The number of carboxylic acid groups (broad SMARTS) is 1. The Morgan fingerprint density at radius 3 is 2.68 bits per heavy atom. The van der Waals surface area contributed by atoms with Gasteiger partial charge < -0.3 is 20.1 Å². The standard InChI is InChI=1S/C21H22FN3O5S/c1-13-19(14-4-3-5-17(10-14)31(2,29)30)20-18(7-6-16(12-26)24-20)25(13)11-15(22)8-9-23-21(27)28/h3-8,10,23,26H,9,11-12H2,1-2H3,(H,27,28)/b15-8-. The van der Waals surface area contributed by atoms with Crippen molar-refractivity contribution in [2.45, 2.75) is 25.0 Å². The van der Waals surface area contributed by atoms with Crippen LogP contribution in [0.4, 0.5) is 9.18 Å². The zero-order chi connectivity index (χ0) is 22.8. The molecule has 1 aromatic carbocycles. The van der Waals surface area contributed by atoms with Crippen molar-refractivity contribution in [1.82, 2.24) is 14.9 Å². The number of hydrogen-bond donors (Lipinski definition) is 3. The van der Waals surface area contributed by atoms with Crippen molar-refractivity contribution in [1.29, 1.82) is 0 Å². The van der Waals surface area contributed by atoms with Crippen LogP contribution in [-0.4, -0.2) is 47.1 Å². The summed E-state index contributed by atoms with van der Waals surface area (Å²) in [5.41, 5.74) is 3.41. The zero-order valence-electron chi connectivity index (χ0n) is 17.0. The monoisotopic (exact) mass is 447 g/mol. The normalized spacial score (nSPS) is 12.3. The van der Waals surface area contributed by atoms with Gasteiger partial charge in [-0.3, -0.25) is 0 Å². The van der Waals surface area contributed by atoms with E-state index in [1.165, 1.54) is 12.1 Å². The van der Waals surface area contributed by atoms with Crippen molar-refractivity contribution in [3.05, 3.63) is 59.7 Å². The number of nitrogens with zero attached hydrogens (tertiary/aromatic N) is 2. The number of allylic oxidation sites excluding steroid dienone is 1. The number of aromatic nitrogens is 2. The molecule has 2 heterocycles. The van der Waals surface area contributed by atoms with Crippen LogP contribution < -0.4 is 5.32 Å². The third-order valence-electron chi connectivity index (χ3n) is 4.82. The number of amides is 1. The molecule has 0 spiro atoms. The summed E-state index contributed by atoms with van der Waals surface area (Å²) in [6.45, 7) is 1.16. The number of fused-ring (bicyclic) bond motifs is 1. The smallest absolute Gasteiger partial charge is 0.404 e. The quantitative estimate of drug-likeness (QED) is 0.512. The summed E-state index contributed by atoms with van der Waals surface area (Å²) in [5, 5.41) is 20.2. The average Bonchev–Trinajstić information content (AvgIpc) is 2.97. The maximum absolute atomic E-state index is 14.5. The number of aliphatic hydroxyl groups is 1. The van der Waals surface area contributed by atoms with Crippen molar-refractivity contribution in [2.24, 2.45) is 0 Å². The highest BCUT2D eigenvalue weighted by Gasteiger charge is 2.19. The molecule has 164 valence electrons. The van der Waals surface area contributed by atoms with Gasteiger partial charge in [0.1, 0.15) is 5.83 Å². The molecular formula is C21H22FN3O5S. The third kappa shape index (κ3) is 4.92. The number of nitrogens with one attached hydrogen (secondary N) is 1. The third-order valence-corrected chi connectivity index (χ3v) is 5.93. The van der Waals surface area contributed by atoms with Gasteiger partial charge in [0.15, 0.2) is 9.84 Å². The molecule has 2 aromatic heterocycles. The predicted molar refractivity (Wildman–Crippen MR) is 114 cm³/mol. The number of halogens is 1. The lowest BCUT2D eigenvalue weighted by Crippen LogP contribution is -2.20. The molecule has 0 fully saturated rings. The largest absolute Gasteiger partial charge is 0.465 e. The van der Waals surface area contributed by atoms with Crippen LogP contribution in [0.15, 0.2) is 53.2 Å². The van der Waals surface area contributed by atoms with Gasteiger partial charge in [-0.25, -0.2) is 22.6 Å². The summed E-state index contributed by atoms with van der Waals surface area (Å²) >= 11 is 0. The molecule has 31 heavy (non-hydrogen) atoms. The van der Waals surface area contributed by atoms with Gasteiger partial charge in [-0.1, -0.05) is 12.1 Å². The maximum atomic E-state index is 14.5. The molecular weight excluding hydrogens is 425 g/mol. The Hall–Kier alpha value is -3.24. The summed E-state index contributed by atoms with van der Waals surface area (Å²) in [6, 6.07) is 9.75. The van der Waals surface area contributed by atoms with Gasteiger partial charge >= 0.3 is 6.09 Å². The minimum Gasteiger partial charge on any atom is -0.465 e. The van der Waals surface area contributed by atoms with Gasteiger partial charge in [0.2, 0.25) is 0 Å². The minimum atomic E-state index is -3.43. The first-order valence-corrected chi connectivity index (χ1v) is 11.2. The summed E-state index contributed by atoms with van der Waals surface area (Å²) in [7, 11) is -3.43. The molecule has 0 aliphatic rings. The van der Waals surface area contributed by atoms with Crippen molar-refractivity contribution < 1.29 is 27.8 Å². The van der Waals surface area contributed by atoms with E-state index >= 15 is 0 Å². The Labute approximate surface area is 178 Å². The molecule has 0 aliphatic carbocycles. The number of hydrogen-bond acceptors (Lipinski definition) is 5. The van der Waals surface area contributed by atoms with E-state index < -0.39 is 21.8 Å². The Morgan fingerprint density at radius 2 is 2.03 bits per heavy atom. The van der Waals surface area contributed by atoms with E-state index in [1.54, 1.807) is 35.8 Å². The van der Waals surface area contributed by atoms with Crippen LogP contribution in [0, 0.1) is 6.92 Å². The van der Waals surface area contributed by atoms with Gasteiger partial charge in [-0.15, -0.1) is 0 Å². The average molecular weight is 447 g/mol. The SMILES string of the molecule is Cc1c(-c2cccc(S(C)(=O)=O)c2)c2nc(CO)ccc2n1C/C(F)=C/CNC(=O)O. The molecule has 1 amide bonds. The Morgan fingerprint density at radius 1 is 1.29 bits per heavy atom. The minimum absolute atomic E-state index is 0.148. The number of pyridine rings is 1. The molecule has 0 atom stereocenters. The Bertz CT molecular complexity index is 1280. The lowest BCUT2D eigenvalue weighted by molar-refractivity contribution is 0.195. The molecule has 3 N–H and O–H groups in total. The zero-order valence-corrected chi connectivity index (χ0v) is 17.8. The van der Waals surface area contributed by atoms with E-state index in [1.807, 2.05) is 0 Å². The Kier molecular flexibility index (Phi) is 6.42. The first-order valence-electron chi connectivity index (χ1n) is 9.33. The van der Waals surface area contributed by atoms with E-state index in [9.17, 15) is 22.7 Å². The highest BCUT2D eigenvalue weighted by atomic mass is 32.2. The van der Waals surface area contributed by atoms with Crippen LogP contribution in [0.3, 0.4) is 0 Å². The summed E-state index contributed by atoms with van der Waals surface area (Å²) in [6.07, 6.45) is 1.01. The van der Waals surface area contributed by atoms with Crippen LogP contribution in [-0.2, 0) is 23.0 Å². The van der Waals surface area contributed by atoms with Crippen molar-refractivity contribution in [3.63, 3.8) is 0 Å². The van der Waals surface area contributed by atoms with Crippen LogP contribution in [0.2, 0.25) is 0 Å². The number of aliphatic hydroxyl groups excluding tert-OH is 1. The van der Waals surface area contributed by atoms with Crippen molar-refractivity contribution in [2.75, 3.05) is 12.8 Å². The molecule has 8 nitrogen and oxygen atoms in total. The number of sulfone groups is 1. The van der Waals surface area contributed by atoms with Crippen LogP contribution in [0.1, 0.15) is 11.4 Å². The van der Waals surface area contributed by atoms with Gasteiger partial charge in [0.05, 0.1) is 34.8 Å². The molecule has 3 aromatic rings. The van der Waals surface area contributed by atoms with E-state index in [0.29, 0.717) is 33.5 Å². The molecule has 10 heteroatoms. The predicted octanol–water partition coefficient (Wildman–Crippen LogP) is 3.03. The first kappa shape index (κ1) is 22.4. The van der Waals surface area contributed by atoms with E-state index in [-0.39, 0.29) is 24.6 Å². The highest BCUT2D eigenvalue weighted by Crippen LogP contribution is 2.35. The number of carbonyl (C=O) groups is 1. The second-order valence-corrected chi connectivity index (χ2v) is 9.03. The topological polar surface area (TPSA) is 122 Å². The van der Waals surface area contributed by atoms with Crippen molar-refractivity contribution in [3.8, 4) is 11.1 Å². The summed E-state index contributed by atoms with van der Waals surface area (Å²) in [5.74, 6) is -0.545. The fourth-order valence-corrected chi connectivity index (χ4v) is 4.03. The van der Waals surface area contributed by atoms with Crippen molar-refractivity contribution >= 4 is 27.0 Å². The van der Waals surface area contributed by atoms with E-state index in [4.69, 9.17) is 5.11 Å². The molecule has 0 radical (unpaired) electrons. The maximum Gasteiger partial charge on any atom is 0.404 e. The molecule has 0 saturated carbocycles. The highest BCUT2D eigenvalue weighted by molar-refractivity contribution is 7.90. The molecule has 0 bridgehead atoms. The van der Waals surface area contributed by atoms with Crippen LogP contribution in [0.5, 0.6) is 0 Å². The second kappa shape index (κ2) is 8.86. The fourth-order valence-electron chi connectivity index (χ4n) is 3.37. The number of rotatable bonds is 7. The van der Waals surface area contributed by atoms with Crippen LogP contribution >= 0.6 is 0 Å². The summed E-state index contributed by atoms with van der Waals surface area (Å²) < 4.78 is 40.2. The lowest BCUT2D eigenvalue weighted by atomic mass is 10.1. The second-order valence-electron chi connectivity index (χ2n) is 7.01. The van der Waals surface area contributed by atoms with Gasteiger partial charge in [0.25, 0.3) is 0 Å². The first-order chi connectivity index (χ1) is 14.6. The van der Waals surface area contributed by atoms with E-state index in [2.05, 4.69) is 10.3 Å². The molecule has 0 saturated heterocycles. The van der Waals surface area contributed by atoms with Crippen LogP contribution in [0.25, 0.3) is 22.2 Å². The van der Waals surface area contributed by atoms with E-state index in [0.717, 1.165) is 12.3 Å².